The summed E-state index contributed by atoms with van der Waals surface area (Å²) in [5.41, 5.74) is 1.16. The summed E-state index contributed by atoms with van der Waals surface area (Å²) in [6.07, 6.45) is 14.4. The molecule has 0 aliphatic rings. The van der Waals surface area contributed by atoms with Crippen LogP contribution in [0.4, 0.5) is 0 Å². The van der Waals surface area contributed by atoms with Crippen molar-refractivity contribution in [3.63, 3.8) is 0 Å². The van der Waals surface area contributed by atoms with E-state index in [1.165, 1.54) is 38.5 Å². The molecule has 0 N–H and O–H groups in total. The summed E-state index contributed by atoms with van der Waals surface area (Å²) >= 11 is 12.0. The van der Waals surface area contributed by atoms with Crippen LogP contribution in [0.3, 0.4) is 0 Å². The topological polar surface area (TPSA) is 8.81 Å². The zero-order valence-electron chi connectivity index (χ0n) is 13.6. The zero-order valence-corrected chi connectivity index (χ0v) is 16.7. The van der Waals surface area contributed by atoms with Crippen molar-refractivity contribution in [1.82, 2.24) is 4.57 Å². The highest BCUT2D eigenvalue weighted by molar-refractivity contribution is 6.42. The Hall–Kier alpha value is -0.510. The molecule has 0 saturated carbocycles. The van der Waals surface area contributed by atoms with Crippen LogP contribution in [0.15, 0.2) is 36.9 Å². The van der Waals surface area contributed by atoms with E-state index in [4.69, 9.17) is 23.2 Å². The van der Waals surface area contributed by atoms with Crippen molar-refractivity contribution in [3.05, 3.63) is 52.5 Å². The Bertz CT molecular complexity index is 584. The molecule has 0 aliphatic carbocycles. The Morgan fingerprint density at radius 3 is 2.48 bits per heavy atom. The second kappa shape index (κ2) is 11.1. The van der Waals surface area contributed by atoms with Gasteiger partial charge in [0.2, 0.25) is 6.33 Å². The molecule has 1 aromatic heterocycles. The first kappa shape index (κ1) is 20.5. The van der Waals surface area contributed by atoms with Crippen molar-refractivity contribution in [2.75, 3.05) is 0 Å². The van der Waals surface area contributed by atoms with Crippen molar-refractivity contribution in [3.8, 4) is 0 Å². The van der Waals surface area contributed by atoms with Gasteiger partial charge in [-0.05, 0) is 30.5 Å². The molecular weight excluding hydrogens is 395 g/mol. The maximum absolute atomic E-state index is 6.06. The minimum absolute atomic E-state index is 0. The predicted octanol–water partition coefficient (Wildman–Crippen LogP) is 2.50. The lowest BCUT2D eigenvalue weighted by molar-refractivity contribution is -0.687. The van der Waals surface area contributed by atoms with Gasteiger partial charge in [-0.25, -0.2) is 9.13 Å². The van der Waals surface area contributed by atoms with Crippen molar-refractivity contribution < 1.29 is 21.5 Å². The number of unbranched alkanes of at least 4 members (excludes halogenated alkanes) is 5. The average molecular weight is 420 g/mol. The molecule has 0 amide bonds. The first-order valence-corrected chi connectivity index (χ1v) is 8.93. The summed E-state index contributed by atoms with van der Waals surface area (Å²) in [4.78, 5) is 0. The number of aryl methyl sites for hydroxylation is 1. The van der Waals surface area contributed by atoms with Gasteiger partial charge in [-0.2, -0.15) is 0 Å². The van der Waals surface area contributed by atoms with E-state index in [1.54, 1.807) is 0 Å². The molecule has 1 aromatic carbocycles. The second-order valence-electron chi connectivity index (χ2n) is 5.84. The molecule has 0 saturated heterocycles. The minimum Gasteiger partial charge on any atom is -1.00 e. The molecule has 128 valence electrons. The monoisotopic (exact) mass is 418 g/mol. The molecule has 0 atom stereocenters. The molecular formula is C18H25BrCl2N2. The molecule has 2 nitrogen and oxygen atoms in total. The molecule has 0 fully saturated rings. The fraction of sp³-hybridized carbons (Fsp3) is 0.500. The molecule has 2 rings (SSSR count). The number of aromatic nitrogens is 2. The van der Waals surface area contributed by atoms with Crippen LogP contribution in [0, 0.1) is 0 Å². The standard InChI is InChI=1S/C18H25Cl2N2.BrH/c1-2-3-4-5-6-7-10-21-11-12-22(15-21)14-16-8-9-17(19)18(20)13-16;/h8-9,11-13,15H,2-7,10,14H2,1H3;1H/q+1;/p-1. The van der Waals surface area contributed by atoms with Crippen LogP contribution in [0.2, 0.25) is 10.0 Å². The first-order chi connectivity index (χ1) is 10.7. The smallest absolute Gasteiger partial charge is 0.244 e. The lowest BCUT2D eigenvalue weighted by atomic mass is 10.1. The number of halogens is 3. The van der Waals surface area contributed by atoms with Gasteiger partial charge in [-0.15, -0.1) is 0 Å². The third-order valence-electron chi connectivity index (χ3n) is 3.87. The minimum atomic E-state index is 0. The summed E-state index contributed by atoms with van der Waals surface area (Å²) < 4.78 is 4.44. The highest BCUT2D eigenvalue weighted by atomic mass is 79.9. The van der Waals surface area contributed by atoms with Crippen LogP contribution in [0.25, 0.3) is 0 Å². The lowest BCUT2D eigenvalue weighted by Gasteiger charge is -2.01. The SMILES string of the molecule is CCCCCCCCn1cc[n+](Cc2ccc(Cl)c(Cl)c2)c1.[Br-]. The van der Waals surface area contributed by atoms with Crippen LogP contribution in [0.1, 0.15) is 51.0 Å². The Kier molecular flexibility index (Phi) is 9.92. The van der Waals surface area contributed by atoms with Crippen LogP contribution in [0.5, 0.6) is 0 Å². The number of imidazole rings is 1. The largest absolute Gasteiger partial charge is 1.00 e. The predicted molar refractivity (Wildman–Crippen MR) is 93.6 cm³/mol. The van der Waals surface area contributed by atoms with Gasteiger partial charge in [-0.3, -0.25) is 0 Å². The van der Waals surface area contributed by atoms with Crippen molar-refractivity contribution >= 4 is 23.2 Å². The molecule has 2 aromatic rings. The van der Waals surface area contributed by atoms with Crippen molar-refractivity contribution in [2.45, 2.75) is 58.5 Å². The van der Waals surface area contributed by atoms with E-state index >= 15 is 0 Å². The van der Waals surface area contributed by atoms with Gasteiger partial charge >= 0.3 is 0 Å². The Labute approximate surface area is 160 Å². The summed E-state index contributed by atoms with van der Waals surface area (Å²) in [5, 5.41) is 1.22. The Morgan fingerprint density at radius 2 is 1.74 bits per heavy atom. The van der Waals surface area contributed by atoms with Crippen LogP contribution in [-0.2, 0) is 13.1 Å². The van der Waals surface area contributed by atoms with Gasteiger partial charge in [0.05, 0.1) is 16.6 Å². The third kappa shape index (κ3) is 7.28. The molecule has 1 heterocycles. The molecule has 0 radical (unpaired) electrons. The van der Waals surface area contributed by atoms with Crippen LogP contribution < -0.4 is 21.5 Å². The van der Waals surface area contributed by atoms with Crippen LogP contribution in [-0.4, -0.2) is 4.57 Å². The van der Waals surface area contributed by atoms with Gasteiger partial charge in [-0.1, -0.05) is 61.9 Å². The maximum Gasteiger partial charge on any atom is 0.244 e. The summed E-state index contributed by atoms with van der Waals surface area (Å²) in [5.74, 6) is 0. The van der Waals surface area contributed by atoms with Crippen molar-refractivity contribution in [1.29, 1.82) is 0 Å². The third-order valence-corrected chi connectivity index (χ3v) is 4.60. The van der Waals surface area contributed by atoms with E-state index in [2.05, 4.69) is 34.8 Å². The normalized spacial score (nSPS) is 10.6. The maximum atomic E-state index is 6.06. The molecule has 23 heavy (non-hydrogen) atoms. The quantitative estimate of drug-likeness (QED) is 0.436. The van der Waals surface area contributed by atoms with Gasteiger partial charge in [0.15, 0.2) is 0 Å². The zero-order chi connectivity index (χ0) is 15.8. The van der Waals surface area contributed by atoms with Crippen molar-refractivity contribution in [2.24, 2.45) is 0 Å². The van der Waals surface area contributed by atoms with E-state index < -0.39 is 0 Å². The van der Waals surface area contributed by atoms with E-state index in [1.807, 2.05) is 18.2 Å². The Morgan fingerprint density at radius 1 is 1.00 bits per heavy atom. The van der Waals surface area contributed by atoms with Gasteiger partial charge in [0.1, 0.15) is 18.9 Å². The number of hydrogen-bond donors (Lipinski definition) is 0. The average Bonchev–Trinajstić information content (AvgIpc) is 2.94. The summed E-state index contributed by atoms with van der Waals surface area (Å²) in [6, 6.07) is 5.81. The lowest BCUT2D eigenvalue weighted by Crippen LogP contribution is -3.00. The highest BCUT2D eigenvalue weighted by Crippen LogP contribution is 2.22. The summed E-state index contributed by atoms with van der Waals surface area (Å²) in [6.45, 7) is 4.17. The number of benzene rings is 1. The first-order valence-electron chi connectivity index (χ1n) is 8.18. The molecule has 5 heteroatoms. The summed E-state index contributed by atoms with van der Waals surface area (Å²) in [7, 11) is 0. The van der Waals surface area contributed by atoms with E-state index in [-0.39, 0.29) is 17.0 Å². The van der Waals surface area contributed by atoms with E-state index in [0.717, 1.165) is 18.7 Å². The highest BCUT2D eigenvalue weighted by Gasteiger charge is 2.06. The van der Waals surface area contributed by atoms with Gasteiger partial charge < -0.3 is 17.0 Å². The molecule has 0 aliphatic heterocycles. The van der Waals surface area contributed by atoms with E-state index in [0.29, 0.717) is 10.0 Å². The molecule has 0 bridgehead atoms. The van der Waals surface area contributed by atoms with Crippen LogP contribution >= 0.6 is 23.2 Å². The molecule has 0 spiro atoms. The second-order valence-corrected chi connectivity index (χ2v) is 6.65. The fourth-order valence-electron chi connectivity index (χ4n) is 2.59. The Balaban J connectivity index is 0.00000264. The number of rotatable bonds is 9. The van der Waals surface area contributed by atoms with Gasteiger partial charge in [0.25, 0.3) is 0 Å². The number of nitrogens with zero attached hydrogens (tertiary/aromatic N) is 2. The number of hydrogen-bond acceptors (Lipinski definition) is 0. The fourth-order valence-corrected chi connectivity index (χ4v) is 2.91. The van der Waals surface area contributed by atoms with E-state index in [9.17, 15) is 0 Å². The van der Waals surface area contributed by atoms with Gasteiger partial charge in [0, 0.05) is 0 Å². The molecule has 0 unspecified atom stereocenters.